The van der Waals surface area contributed by atoms with Crippen LogP contribution >= 0.6 is 0 Å². The van der Waals surface area contributed by atoms with Gasteiger partial charge in [0.2, 0.25) is 0 Å². The first-order valence-electron chi connectivity index (χ1n) is 7.64. The maximum absolute atomic E-state index is 6.08. The number of benzene rings is 1. The molecule has 1 heterocycles. The Kier molecular flexibility index (Phi) is 5.02. The first-order chi connectivity index (χ1) is 10.1. The molecular formula is C17H26N4. The Morgan fingerprint density at radius 3 is 2.52 bits per heavy atom. The van der Waals surface area contributed by atoms with Crippen molar-refractivity contribution < 1.29 is 0 Å². The molecule has 0 aliphatic heterocycles. The fourth-order valence-electron chi connectivity index (χ4n) is 2.69. The third kappa shape index (κ3) is 3.27. The van der Waals surface area contributed by atoms with Gasteiger partial charge in [0.1, 0.15) is 0 Å². The lowest BCUT2D eigenvalue weighted by atomic mass is 10.1. The smallest absolute Gasteiger partial charge is 0.0695 e. The van der Waals surface area contributed by atoms with Crippen LogP contribution in [0.4, 0.5) is 5.69 Å². The SMILES string of the molecule is CCN(c1ccccc1C)C(CN)c1cnn(C(C)C)c1. The summed E-state index contributed by atoms with van der Waals surface area (Å²) in [6.45, 7) is 10.1. The lowest BCUT2D eigenvalue weighted by Gasteiger charge is -2.32. The second-order valence-electron chi connectivity index (χ2n) is 5.67. The summed E-state index contributed by atoms with van der Waals surface area (Å²) in [5, 5.41) is 4.45. The molecule has 2 aromatic rings. The molecule has 0 bridgehead atoms. The summed E-state index contributed by atoms with van der Waals surface area (Å²) in [4.78, 5) is 2.36. The highest BCUT2D eigenvalue weighted by molar-refractivity contribution is 5.54. The molecule has 1 unspecified atom stereocenters. The van der Waals surface area contributed by atoms with Gasteiger partial charge >= 0.3 is 0 Å². The van der Waals surface area contributed by atoms with E-state index >= 15 is 0 Å². The van der Waals surface area contributed by atoms with Crippen molar-refractivity contribution in [2.45, 2.75) is 39.8 Å². The molecule has 0 fully saturated rings. The molecule has 2 N–H and O–H groups in total. The van der Waals surface area contributed by atoms with Crippen LogP contribution in [0.15, 0.2) is 36.7 Å². The van der Waals surface area contributed by atoms with E-state index in [1.54, 1.807) is 0 Å². The molecule has 1 atom stereocenters. The van der Waals surface area contributed by atoms with Crippen LogP contribution in [-0.2, 0) is 0 Å². The van der Waals surface area contributed by atoms with E-state index in [9.17, 15) is 0 Å². The standard InChI is InChI=1S/C17H26N4/c1-5-20(16-9-7-6-8-14(16)4)17(10-18)15-11-19-21(12-15)13(2)3/h6-9,11-13,17H,5,10,18H2,1-4H3. The van der Waals surface area contributed by atoms with E-state index in [2.05, 4.69) is 68.2 Å². The molecule has 0 aliphatic carbocycles. The Morgan fingerprint density at radius 1 is 1.29 bits per heavy atom. The Bertz CT molecular complexity index is 574. The van der Waals surface area contributed by atoms with Gasteiger partial charge in [-0.2, -0.15) is 5.10 Å². The van der Waals surface area contributed by atoms with E-state index in [-0.39, 0.29) is 6.04 Å². The predicted molar refractivity (Wildman–Crippen MR) is 88.6 cm³/mol. The van der Waals surface area contributed by atoms with Crippen LogP contribution in [0.1, 0.15) is 44.0 Å². The predicted octanol–water partition coefficient (Wildman–Crippen LogP) is 3.30. The minimum absolute atomic E-state index is 0.156. The number of hydrogen-bond acceptors (Lipinski definition) is 3. The zero-order valence-electron chi connectivity index (χ0n) is 13.5. The molecule has 0 spiro atoms. The van der Waals surface area contributed by atoms with E-state index in [0.717, 1.165) is 6.54 Å². The maximum Gasteiger partial charge on any atom is 0.0695 e. The number of likely N-dealkylation sites (N-methyl/N-ethyl adjacent to an activating group) is 1. The van der Waals surface area contributed by atoms with Gasteiger partial charge in [-0.05, 0) is 39.3 Å². The molecule has 4 heteroatoms. The molecule has 1 aromatic heterocycles. The fraction of sp³-hybridized carbons (Fsp3) is 0.471. The summed E-state index contributed by atoms with van der Waals surface area (Å²) >= 11 is 0. The van der Waals surface area contributed by atoms with Crippen LogP contribution in [0.2, 0.25) is 0 Å². The Balaban J connectivity index is 2.35. The van der Waals surface area contributed by atoms with Crippen LogP contribution in [-0.4, -0.2) is 22.9 Å². The average Bonchev–Trinajstić information content (AvgIpc) is 2.95. The number of aryl methyl sites for hydroxylation is 1. The second kappa shape index (κ2) is 6.76. The van der Waals surface area contributed by atoms with Gasteiger partial charge in [0.15, 0.2) is 0 Å². The normalized spacial score (nSPS) is 12.7. The molecule has 21 heavy (non-hydrogen) atoms. The number of rotatable bonds is 6. The van der Waals surface area contributed by atoms with Crippen LogP contribution in [0.25, 0.3) is 0 Å². The van der Waals surface area contributed by atoms with E-state index in [1.807, 2.05) is 10.9 Å². The quantitative estimate of drug-likeness (QED) is 0.886. The van der Waals surface area contributed by atoms with E-state index in [4.69, 9.17) is 5.73 Å². The van der Waals surface area contributed by atoms with Crippen molar-refractivity contribution in [2.24, 2.45) is 5.73 Å². The minimum atomic E-state index is 0.156. The van der Waals surface area contributed by atoms with Crippen LogP contribution in [0.3, 0.4) is 0 Å². The largest absolute Gasteiger partial charge is 0.363 e. The first-order valence-corrected chi connectivity index (χ1v) is 7.64. The summed E-state index contributed by atoms with van der Waals surface area (Å²) < 4.78 is 1.99. The highest BCUT2D eigenvalue weighted by Crippen LogP contribution is 2.29. The zero-order chi connectivity index (χ0) is 15.4. The van der Waals surface area contributed by atoms with Crippen molar-refractivity contribution in [3.63, 3.8) is 0 Å². The van der Waals surface area contributed by atoms with Crippen molar-refractivity contribution in [3.05, 3.63) is 47.8 Å². The number of para-hydroxylation sites is 1. The monoisotopic (exact) mass is 286 g/mol. The molecule has 114 valence electrons. The lowest BCUT2D eigenvalue weighted by molar-refractivity contribution is 0.530. The summed E-state index contributed by atoms with van der Waals surface area (Å²) in [7, 11) is 0. The molecule has 1 aromatic carbocycles. The maximum atomic E-state index is 6.08. The van der Waals surface area contributed by atoms with Crippen molar-refractivity contribution in [1.82, 2.24) is 9.78 Å². The minimum Gasteiger partial charge on any atom is -0.363 e. The summed E-state index contributed by atoms with van der Waals surface area (Å²) in [5.41, 5.74) is 9.77. The first kappa shape index (κ1) is 15.6. The van der Waals surface area contributed by atoms with Gasteiger partial charge in [-0.15, -0.1) is 0 Å². The van der Waals surface area contributed by atoms with Crippen LogP contribution in [0, 0.1) is 6.92 Å². The van der Waals surface area contributed by atoms with Crippen molar-refractivity contribution >= 4 is 5.69 Å². The topological polar surface area (TPSA) is 47.1 Å². The Hall–Kier alpha value is -1.81. The van der Waals surface area contributed by atoms with Crippen LogP contribution in [0.5, 0.6) is 0 Å². The lowest BCUT2D eigenvalue weighted by Crippen LogP contribution is -2.34. The fourth-order valence-corrected chi connectivity index (χ4v) is 2.69. The van der Waals surface area contributed by atoms with E-state index in [0.29, 0.717) is 12.6 Å². The van der Waals surface area contributed by atoms with Gasteiger partial charge in [0, 0.05) is 36.6 Å². The van der Waals surface area contributed by atoms with Gasteiger partial charge in [-0.3, -0.25) is 4.68 Å². The molecule has 0 radical (unpaired) electrons. The number of nitrogens with zero attached hydrogens (tertiary/aromatic N) is 3. The third-order valence-electron chi connectivity index (χ3n) is 3.90. The molecule has 0 amide bonds. The number of nitrogens with two attached hydrogens (primary N) is 1. The second-order valence-corrected chi connectivity index (χ2v) is 5.67. The van der Waals surface area contributed by atoms with Crippen molar-refractivity contribution in [2.75, 3.05) is 18.0 Å². The van der Waals surface area contributed by atoms with Gasteiger partial charge in [-0.1, -0.05) is 18.2 Å². The number of aromatic nitrogens is 2. The number of hydrogen-bond donors (Lipinski definition) is 1. The van der Waals surface area contributed by atoms with Crippen molar-refractivity contribution in [1.29, 1.82) is 0 Å². The Morgan fingerprint density at radius 2 is 2.00 bits per heavy atom. The average molecular weight is 286 g/mol. The van der Waals surface area contributed by atoms with E-state index in [1.165, 1.54) is 16.8 Å². The zero-order valence-corrected chi connectivity index (χ0v) is 13.5. The highest BCUT2D eigenvalue weighted by Gasteiger charge is 2.21. The van der Waals surface area contributed by atoms with Crippen molar-refractivity contribution in [3.8, 4) is 0 Å². The van der Waals surface area contributed by atoms with Gasteiger partial charge < -0.3 is 10.6 Å². The number of anilines is 1. The molecule has 2 rings (SSSR count). The molecule has 0 aliphatic rings. The molecular weight excluding hydrogens is 260 g/mol. The Labute approximate surface area is 127 Å². The summed E-state index contributed by atoms with van der Waals surface area (Å²) in [6.07, 6.45) is 4.06. The highest BCUT2D eigenvalue weighted by atomic mass is 15.3. The molecule has 4 nitrogen and oxygen atoms in total. The summed E-state index contributed by atoms with van der Waals surface area (Å²) in [6, 6.07) is 8.98. The molecule has 0 saturated heterocycles. The van der Waals surface area contributed by atoms with Crippen LogP contribution < -0.4 is 10.6 Å². The third-order valence-corrected chi connectivity index (χ3v) is 3.90. The van der Waals surface area contributed by atoms with Gasteiger partial charge in [-0.25, -0.2) is 0 Å². The van der Waals surface area contributed by atoms with Gasteiger partial charge in [0.05, 0.1) is 12.2 Å². The van der Waals surface area contributed by atoms with E-state index < -0.39 is 0 Å². The van der Waals surface area contributed by atoms with Gasteiger partial charge in [0.25, 0.3) is 0 Å². The summed E-state index contributed by atoms with van der Waals surface area (Å²) in [5.74, 6) is 0. The molecule has 0 saturated carbocycles.